The van der Waals surface area contributed by atoms with Gasteiger partial charge in [0.25, 0.3) is 0 Å². The minimum Gasteiger partial charge on any atom is -0.352 e. The molecule has 5 heteroatoms. The van der Waals surface area contributed by atoms with Crippen LogP contribution in [0.4, 0.5) is 4.39 Å². The molecule has 0 aromatic heterocycles. The summed E-state index contributed by atoms with van der Waals surface area (Å²) >= 11 is 0. The van der Waals surface area contributed by atoms with Crippen molar-refractivity contribution in [2.75, 3.05) is 13.1 Å². The lowest BCUT2D eigenvalue weighted by Gasteiger charge is -2.31. The van der Waals surface area contributed by atoms with Crippen molar-refractivity contribution in [3.8, 4) is 0 Å². The third-order valence-corrected chi connectivity index (χ3v) is 4.09. The molecule has 1 heterocycles. The first kappa shape index (κ1) is 17.9. The van der Waals surface area contributed by atoms with Crippen LogP contribution in [0, 0.1) is 17.7 Å². The second-order valence-corrected chi connectivity index (χ2v) is 5.78. The summed E-state index contributed by atoms with van der Waals surface area (Å²) in [5.74, 6) is 0.0375. The maximum absolute atomic E-state index is 13.6. The van der Waals surface area contributed by atoms with Gasteiger partial charge in [0.2, 0.25) is 5.91 Å². The molecule has 3 nitrogen and oxygen atoms in total. The van der Waals surface area contributed by atoms with Gasteiger partial charge in [-0.1, -0.05) is 32.0 Å². The summed E-state index contributed by atoms with van der Waals surface area (Å²) < 4.78 is 13.6. The zero-order valence-corrected chi connectivity index (χ0v) is 13.4. The van der Waals surface area contributed by atoms with Crippen LogP contribution in [0.15, 0.2) is 24.3 Å². The first-order chi connectivity index (χ1) is 9.58. The van der Waals surface area contributed by atoms with Gasteiger partial charge in [-0.3, -0.25) is 4.79 Å². The van der Waals surface area contributed by atoms with Gasteiger partial charge in [0.05, 0.1) is 0 Å². The Morgan fingerprint density at radius 1 is 1.48 bits per heavy atom. The van der Waals surface area contributed by atoms with Gasteiger partial charge in [-0.05, 0) is 36.9 Å². The summed E-state index contributed by atoms with van der Waals surface area (Å²) in [4.78, 5) is 12.2. The summed E-state index contributed by atoms with van der Waals surface area (Å²) in [6.07, 6.45) is 1.51. The third kappa shape index (κ3) is 4.97. The highest BCUT2D eigenvalue weighted by Crippen LogP contribution is 2.15. The molecule has 0 radical (unpaired) electrons. The van der Waals surface area contributed by atoms with Gasteiger partial charge in [0.15, 0.2) is 0 Å². The molecule has 3 unspecified atom stereocenters. The summed E-state index contributed by atoms with van der Waals surface area (Å²) in [7, 11) is 0. The van der Waals surface area contributed by atoms with Crippen LogP contribution in [0.25, 0.3) is 0 Å². The van der Waals surface area contributed by atoms with Crippen molar-refractivity contribution in [2.24, 2.45) is 11.8 Å². The fraction of sp³-hybridized carbons (Fsp3) is 0.562. The van der Waals surface area contributed by atoms with Crippen molar-refractivity contribution in [1.29, 1.82) is 0 Å². The highest BCUT2D eigenvalue weighted by molar-refractivity contribution is 5.85. The van der Waals surface area contributed by atoms with Gasteiger partial charge in [0.1, 0.15) is 5.82 Å². The maximum Gasteiger partial charge on any atom is 0.223 e. The van der Waals surface area contributed by atoms with Gasteiger partial charge in [-0.2, -0.15) is 0 Å². The maximum atomic E-state index is 13.6. The molecule has 2 N–H and O–H groups in total. The minimum absolute atomic E-state index is 0. The second-order valence-electron chi connectivity index (χ2n) is 5.78. The van der Waals surface area contributed by atoms with Gasteiger partial charge in [-0.15, -0.1) is 12.4 Å². The summed E-state index contributed by atoms with van der Waals surface area (Å²) in [5, 5.41) is 6.38. The van der Waals surface area contributed by atoms with E-state index in [9.17, 15) is 9.18 Å². The summed E-state index contributed by atoms with van der Waals surface area (Å²) in [6, 6.07) is 6.82. The van der Waals surface area contributed by atoms with E-state index in [4.69, 9.17) is 0 Å². The molecule has 1 aliphatic rings. The van der Waals surface area contributed by atoms with Crippen LogP contribution in [0.3, 0.4) is 0 Å². The highest BCUT2D eigenvalue weighted by Gasteiger charge is 2.24. The molecule has 0 aliphatic carbocycles. The minimum atomic E-state index is -0.236. The van der Waals surface area contributed by atoms with E-state index in [-0.39, 0.29) is 36.1 Å². The van der Waals surface area contributed by atoms with Crippen LogP contribution in [0.5, 0.6) is 0 Å². The topological polar surface area (TPSA) is 41.1 Å². The average Bonchev–Trinajstić information content (AvgIpc) is 2.43. The van der Waals surface area contributed by atoms with E-state index >= 15 is 0 Å². The molecular weight excluding hydrogens is 291 g/mol. The Hall–Kier alpha value is -1.13. The average molecular weight is 315 g/mol. The normalized spacial score (nSPS) is 23.0. The number of hydrogen-bond donors (Lipinski definition) is 2. The van der Waals surface area contributed by atoms with Crippen molar-refractivity contribution >= 4 is 18.3 Å². The summed E-state index contributed by atoms with van der Waals surface area (Å²) in [6.45, 7) is 5.84. The molecule has 1 saturated heterocycles. The molecule has 1 fully saturated rings. The predicted molar refractivity (Wildman–Crippen MR) is 85.1 cm³/mol. The van der Waals surface area contributed by atoms with Crippen molar-refractivity contribution in [2.45, 2.75) is 32.7 Å². The molecule has 21 heavy (non-hydrogen) atoms. The molecule has 1 amide bonds. The molecule has 1 aromatic carbocycles. The molecule has 1 aromatic rings. The fourth-order valence-corrected chi connectivity index (χ4v) is 2.59. The van der Waals surface area contributed by atoms with E-state index in [2.05, 4.69) is 17.6 Å². The van der Waals surface area contributed by atoms with Crippen molar-refractivity contribution in [1.82, 2.24) is 10.6 Å². The van der Waals surface area contributed by atoms with Gasteiger partial charge in [0, 0.05) is 18.5 Å². The largest absolute Gasteiger partial charge is 0.352 e. The molecule has 0 saturated carbocycles. The lowest BCUT2D eigenvalue weighted by Crippen LogP contribution is -2.51. The number of nitrogens with one attached hydrogen (secondary N) is 2. The van der Waals surface area contributed by atoms with E-state index in [1.165, 1.54) is 6.07 Å². The first-order valence-electron chi connectivity index (χ1n) is 7.32. The molecular formula is C16H24ClFN2O. The second kappa shape index (κ2) is 8.35. The van der Waals surface area contributed by atoms with Crippen LogP contribution >= 0.6 is 12.4 Å². The SMILES string of the molecule is CC(Cc1ccccc1F)C(=O)NC1CNCCC1C.Cl. The van der Waals surface area contributed by atoms with Crippen LogP contribution in [0.1, 0.15) is 25.8 Å². The quantitative estimate of drug-likeness (QED) is 0.896. The number of carbonyl (C=O) groups is 1. The Labute approximate surface area is 132 Å². The fourth-order valence-electron chi connectivity index (χ4n) is 2.59. The molecule has 2 rings (SSSR count). The number of benzene rings is 1. The van der Waals surface area contributed by atoms with Gasteiger partial charge < -0.3 is 10.6 Å². The highest BCUT2D eigenvalue weighted by atomic mass is 35.5. The van der Waals surface area contributed by atoms with E-state index in [0.717, 1.165) is 19.5 Å². The predicted octanol–water partition coefficient (Wildman–Crippen LogP) is 2.54. The van der Waals surface area contributed by atoms with Gasteiger partial charge >= 0.3 is 0 Å². The number of piperidine rings is 1. The van der Waals surface area contributed by atoms with Crippen molar-refractivity contribution in [3.63, 3.8) is 0 Å². The van der Waals surface area contributed by atoms with Crippen LogP contribution in [-0.4, -0.2) is 25.0 Å². The molecule has 3 atom stereocenters. The standard InChI is InChI=1S/C16H23FN2O.ClH/c1-11-7-8-18-10-15(11)19-16(20)12(2)9-13-5-3-4-6-14(13)17;/h3-6,11-12,15,18H,7-10H2,1-2H3,(H,19,20);1H. The number of amides is 1. The number of carbonyl (C=O) groups excluding carboxylic acids is 1. The Morgan fingerprint density at radius 2 is 2.19 bits per heavy atom. The van der Waals surface area contributed by atoms with E-state index in [1.807, 2.05) is 6.92 Å². The molecule has 0 spiro atoms. The summed E-state index contributed by atoms with van der Waals surface area (Å²) in [5.41, 5.74) is 0.602. The number of halogens is 2. The van der Waals surface area contributed by atoms with E-state index in [0.29, 0.717) is 17.9 Å². The van der Waals surface area contributed by atoms with E-state index < -0.39 is 0 Å². The van der Waals surface area contributed by atoms with E-state index in [1.54, 1.807) is 18.2 Å². The van der Waals surface area contributed by atoms with Crippen LogP contribution in [-0.2, 0) is 11.2 Å². The first-order valence-corrected chi connectivity index (χ1v) is 7.32. The zero-order valence-electron chi connectivity index (χ0n) is 12.6. The lowest BCUT2D eigenvalue weighted by molar-refractivity contribution is -0.125. The van der Waals surface area contributed by atoms with Crippen LogP contribution < -0.4 is 10.6 Å². The van der Waals surface area contributed by atoms with Gasteiger partial charge in [-0.25, -0.2) is 4.39 Å². The van der Waals surface area contributed by atoms with Crippen LogP contribution in [0.2, 0.25) is 0 Å². The Kier molecular flexibility index (Phi) is 7.12. The molecule has 0 bridgehead atoms. The lowest BCUT2D eigenvalue weighted by atomic mass is 9.93. The number of rotatable bonds is 4. The molecule has 1 aliphatic heterocycles. The smallest absolute Gasteiger partial charge is 0.223 e. The van der Waals surface area contributed by atoms with Crippen molar-refractivity contribution < 1.29 is 9.18 Å². The third-order valence-electron chi connectivity index (χ3n) is 4.09. The monoisotopic (exact) mass is 314 g/mol. The number of hydrogen-bond acceptors (Lipinski definition) is 2. The molecule has 118 valence electrons. The Morgan fingerprint density at radius 3 is 2.86 bits per heavy atom. The zero-order chi connectivity index (χ0) is 14.5. The Bertz CT molecular complexity index is 469. The van der Waals surface area contributed by atoms with Crippen molar-refractivity contribution in [3.05, 3.63) is 35.6 Å². The Balaban J connectivity index is 0.00000220.